The number of fused-ring (bicyclic) bond motifs is 3. The zero-order valence-electron chi connectivity index (χ0n) is 17.8. The average Bonchev–Trinajstić information content (AvgIpc) is 3.52. The molecule has 0 aliphatic heterocycles. The van der Waals surface area contributed by atoms with Crippen molar-refractivity contribution >= 4 is 17.9 Å². The van der Waals surface area contributed by atoms with E-state index in [-0.39, 0.29) is 0 Å². The predicted molar refractivity (Wildman–Crippen MR) is 129 cm³/mol. The maximum atomic E-state index is 2.47. The third-order valence-corrected chi connectivity index (χ3v) is 19.8. The number of aryl methyl sites for hydroxylation is 1. The van der Waals surface area contributed by atoms with Crippen molar-refractivity contribution in [3.63, 3.8) is 0 Å². The first-order valence-corrected chi connectivity index (χ1v) is 17.6. The molecule has 150 valence electrons. The van der Waals surface area contributed by atoms with Crippen molar-refractivity contribution in [3.8, 4) is 11.1 Å². The minimum atomic E-state index is -2.36. The molecule has 0 atom stereocenters. The van der Waals surface area contributed by atoms with Crippen molar-refractivity contribution in [2.75, 3.05) is 0 Å². The monoisotopic (exact) mass is 576 g/mol. The summed E-state index contributed by atoms with van der Waals surface area (Å²) in [5.74, 6) is 0. The number of benzene rings is 2. The molecule has 2 heteroatoms. The summed E-state index contributed by atoms with van der Waals surface area (Å²) in [6.45, 7) is 4.74. The molecule has 0 fully saturated rings. The first kappa shape index (κ1) is 20.3. The molecule has 2 aliphatic carbocycles. The topological polar surface area (TPSA) is 0 Å². The summed E-state index contributed by atoms with van der Waals surface area (Å²) in [4.78, 5) is 3.10. The second-order valence-electron chi connectivity index (χ2n) is 8.37. The number of thiophene rings is 1. The average molecular weight is 575 g/mol. The van der Waals surface area contributed by atoms with E-state index < -0.39 is 21.0 Å². The van der Waals surface area contributed by atoms with Crippen LogP contribution in [0, 0.1) is 0 Å². The molecule has 3 aromatic rings. The van der Waals surface area contributed by atoms with Gasteiger partial charge in [-0.25, -0.2) is 0 Å². The van der Waals surface area contributed by atoms with Crippen molar-refractivity contribution in [3.05, 3.63) is 99.8 Å². The molecule has 2 aromatic carbocycles. The maximum absolute atomic E-state index is 2.47. The van der Waals surface area contributed by atoms with Crippen molar-refractivity contribution < 1.29 is 21.0 Å². The number of hydrogen-bond acceptors (Lipinski definition) is 1. The van der Waals surface area contributed by atoms with Crippen LogP contribution in [0.4, 0.5) is 0 Å². The van der Waals surface area contributed by atoms with Gasteiger partial charge in [-0.15, -0.1) is 0 Å². The molecule has 5 rings (SSSR count). The quantitative estimate of drug-likeness (QED) is 0.216. The predicted octanol–water partition coefficient (Wildman–Crippen LogP) is 7.06. The molecule has 30 heavy (non-hydrogen) atoms. The van der Waals surface area contributed by atoms with Gasteiger partial charge in [-0.2, -0.15) is 0 Å². The molecule has 2 aliphatic rings. The molecule has 0 amide bonds. The van der Waals surface area contributed by atoms with Gasteiger partial charge in [0.05, 0.1) is 0 Å². The Hall–Kier alpha value is -1.64. The van der Waals surface area contributed by atoms with Gasteiger partial charge < -0.3 is 0 Å². The Morgan fingerprint density at radius 3 is 2.60 bits per heavy atom. The Labute approximate surface area is 192 Å². The fourth-order valence-electron chi connectivity index (χ4n) is 4.86. The molecule has 0 saturated carbocycles. The van der Waals surface area contributed by atoms with Gasteiger partial charge >= 0.3 is 193 Å². The van der Waals surface area contributed by atoms with E-state index in [1.807, 2.05) is 0 Å². The summed E-state index contributed by atoms with van der Waals surface area (Å²) < 4.78 is 4.08. The summed E-state index contributed by atoms with van der Waals surface area (Å²) >= 11 is -0.307. The van der Waals surface area contributed by atoms with Crippen molar-refractivity contribution in [2.45, 2.75) is 43.2 Å². The molecule has 0 bridgehead atoms. The van der Waals surface area contributed by atoms with Crippen LogP contribution in [0.5, 0.6) is 0 Å². The van der Waals surface area contributed by atoms with Gasteiger partial charge in [-0.05, 0) is 0 Å². The molecule has 0 radical (unpaired) electrons. The van der Waals surface area contributed by atoms with Crippen LogP contribution < -0.4 is 3.32 Å². The summed E-state index contributed by atoms with van der Waals surface area (Å²) in [7, 11) is 0. The standard InChI is InChI=1S/C13H9.C10H14S.C5H5.Hf/c1-3-7-12-10(5-1)9-11-6-2-4-8-13(11)12;1-3-5-6-10-8-7-9(4-2)11-10;1-2-4-5-3-1;/h1-5,7-8H,9H2;7-8H,3,5-6H2,1-2H3;1-5H;. The van der Waals surface area contributed by atoms with Gasteiger partial charge in [0.2, 0.25) is 0 Å². The fraction of sp³-hybridized carbons (Fsp3) is 0.250. The summed E-state index contributed by atoms with van der Waals surface area (Å²) in [5.41, 5.74) is 6.06. The fourth-order valence-corrected chi connectivity index (χ4v) is 18.2. The molecule has 0 saturated heterocycles. The molecule has 0 unspecified atom stereocenters. The van der Waals surface area contributed by atoms with Crippen molar-refractivity contribution in [2.24, 2.45) is 0 Å². The molecule has 0 nitrogen and oxygen atoms in total. The van der Waals surface area contributed by atoms with E-state index in [1.165, 1.54) is 36.0 Å². The van der Waals surface area contributed by atoms with Crippen LogP contribution in [-0.2, 0) is 33.8 Å². The Morgan fingerprint density at radius 2 is 1.77 bits per heavy atom. The molecule has 0 N–H and O–H groups in total. The summed E-state index contributed by atoms with van der Waals surface area (Å²) in [6, 6.07) is 20.9. The van der Waals surface area contributed by atoms with E-state index >= 15 is 0 Å². The van der Waals surface area contributed by atoms with Gasteiger partial charge in [0.15, 0.2) is 0 Å². The minimum absolute atomic E-state index is 0.645. The van der Waals surface area contributed by atoms with Crippen LogP contribution in [0.15, 0.2) is 78.9 Å². The summed E-state index contributed by atoms with van der Waals surface area (Å²) in [5, 5.41) is 0. The number of unbranched alkanes of at least 4 members (excludes halogenated alkanes) is 1. The molecule has 0 spiro atoms. The van der Waals surface area contributed by atoms with Crippen LogP contribution in [0.1, 0.15) is 47.6 Å². The third-order valence-electron chi connectivity index (χ3n) is 6.43. The van der Waals surface area contributed by atoms with Crippen LogP contribution in [0.25, 0.3) is 11.1 Å². The van der Waals surface area contributed by atoms with Crippen LogP contribution in [0.3, 0.4) is 0 Å². The Morgan fingerprint density at radius 1 is 0.967 bits per heavy atom. The van der Waals surface area contributed by atoms with Gasteiger partial charge in [0, 0.05) is 0 Å². The van der Waals surface area contributed by atoms with E-state index in [0.29, 0.717) is 3.67 Å². The molecular formula is C28H28HfS. The Kier molecular flexibility index (Phi) is 5.98. The van der Waals surface area contributed by atoms with E-state index in [4.69, 9.17) is 0 Å². The van der Waals surface area contributed by atoms with Crippen LogP contribution >= 0.6 is 11.3 Å². The Balaban J connectivity index is 1.64. The van der Waals surface area contributed by atoms with E-state index in [9.17, 15) is 0 Å². The van der Waals surface area contributed by atoms with Crippen molar-refractivity contribution in [1.82, 2.24) is 0 Å². The first-order valence-electron chi connectivity index (χ1n) is 11.1. The van der Waals surface area contributed by atoms with Gasteiger partial charge in [-0.1, -0.05) is 0 Å². The molecule has 1 heterocycles. The first-order chi connectivity index (χ1) is 14.8. The second-order valence-corrected chi connectivity index (χ2v) is 19.5. The van der Waals surface area contributed by atoms with Gasteiger partial charge in [0.25, 0.3) is 0 Å². The molecule has 1 aromatic heterocycles. The van der Waals surface area contributed by atoms with E-state index in [2.05, 4.69) is 104 Å². The molecular weight excluding hydrogens is 547 g/mol. The third kappa shape index (κ3) is 3.74. The summed E-state index contributed by atoms with van der Waals surface area (Å²) in [6.07, 6.45) is 14.4. The Bertz CT molecular complexity index is 1160. The zero-order chi connectivity index (χ0) is 20.5. The normalized spacial score (nSPS) is 15.4. The van der Waals surface area contributed by atoms with E-state index in [1.54, 1.807) is 21.9 Å². The SMILES string of the molecule is CCCCc1ccc([C](C)=[Hf]([c]2cccc3c2Cc2ccccc2-3)[CH]2C=CC=C2)s1. The van der Waals surface area contributed by atoms with E-state index in [0.717, 1.165) is 6.42 Å². The second kappa shape index (κ2) is 8.85. The van der Waals surface area contributed by atoms with Crippen LogP contribution in [0.2, 0.25) is 3.67 Å². The van der Waals surface area contributed by atoms with Crippen molar-refractivity contribution in [1.29, 1.82) is 0 Å². The number of hydrogen-bond donors (Lipinski definition) is 0. The van der Waals surface area contributed by atoms with Gasteiger partial charge in [-0.3, -0.25) is 0 Å². The van der Waals surface area contributed by atoms with Gasteiger partial charge in [0.1, 0.15) is 0 Å². The zero-order valence-corrected chi connectivity index (χ0v) is 22.2. The number of allylic oxidation sites excluding steroid dienone is 4. The van der Waals surface area contributed by atoms with Crippen LogP contribution in [-0.4, -0.2) is 3.26 Å². The number of rotatable bonds is 6.